The molecule has 3 N–H and O–H groups in total. The number of rotatable bonds is 8. The van der Waals surface area contributed by atoms with Crippen LogP contribution in [-0.4, -0.2) is 28.3 Å². The average molecular weight is 481 g/mol. The number of carbonyl (C=O) groups excluding carboxylic acids is 1. The minimum absolute atomic E-state index is 0.00288. The molecule has 3 rings (SSSR count). The molecule has 0 fully saturated rings. The van der Waals surface area contributed by atoms with Gasteiger partial charge in [0.2, 0.25) is 0 Å². The third kappa shape index (κ3) is 6.14. The first kappa shape index (κ1) is 24.8. The van der Waals surface area contributed by atoms with Gasteiger partial charge in [0.25, 0.3) is 5.91 Å². The number of phenolic OH excluding ortho intramolecular Hbond substituents is 1. The highest BCUT2D eigenvalue weighted by atomic mass is 35.5. The monoisotopic (exact) mass is 480 g/mol. The standard InChI is InChI=1S/C26H25ClN2O5/c1-15(2)19-6-4-17(5-7-19)14-34-24-16(3)10-18(11-21(24)26(32)33)13-28-29-25(31)20-8-9-23(30)22(27)12-20/h4-13,15,30H,14H2,1-3H3,(H,29,31)(H,32,33). The van der Waals surface area contributed by atoms with E-state index in [2.05, 4.69) is 24.4 Å². The normalized spacial score (nSPS) is 11.1. The van der Waals surface area contributed by atoms with Crippen LogP contribution in [0.15, 0.2) is 59.7 Å². The Kier molecular flexibility index (Phi) is 7.91. The molecule has 0 unspecified atom stereocenters. The van der Waals surface area contributed by atoms with Crippen molar-refractivity contribution in [3.63, 3.8) is 0 Å². The van der Waals surface area contributed by atoms with Crippen molar-refractivity contribution in [2.75, 3.05) is 0 Å². The Hall–Kier alpha value is -3.84. The number of carboxylic acids is 1. The van der Waals surface area contributed by atoms with Crippen molar-refractivity contribution >= 4 is 29.7 Å². The molecule has 0 heterocycles. The van der Waals surface area contributed by atoms with Gasteiger partial charge in [-0.3, -0.25) is 4.79 Å². The summed E-state index contributed by atoms with van der Waals surface area (Å²) in [6.07, 6.45) is 1.34. The summed E-state index contributed by atoms with van der Waals surface area (Å²) in [6, 6.07) is 15.2. The Morgan fingerprint density at radius 2 is 1.82 bits per heavy atom. The van der Waals surface area contributed by atoms with Crippen molar-refractivity contribution in [3.05, 3.63) is 93.0 Å². The number of hydrogen-bond donors (Lipinski definition) is 3. The fraction of sp³-hybridized carbons (Fsp3) is 0.192. The lowest BCUT2D eigenvalue weighted by Crippen LogP contribution is -2.17. The molecule has 0 aliphatic rings. The van der Waals surface area contributed by atoms with Gasteiger partial charge >= 0.3 is 5.97 Å². The zero-order valence-electron chi connectivity index (χ0n) is 19.0. The lowest BCUT2D eigenvalue weighted by molar-refractivity contribution is 0.0691. The van der Waals surface area contributed by atoms with Gasteiger partial charge in [0.15, 0.2) is 0 Å². The van der Waals surface area contributed by atoms with Gasteiger partial charge in [0, 0.05) is 5.56 Å². The molecular formula is C26H25ClN2O5. The maximum atomic E-state index is 12.2. The molecule has 0 atom stereocenters. The van der Waals surface area contributed by atoms with E-state index < -0.39 is 11.9 Å². The summed E-state index contributed by atoms with van der Waals surface area (Å²) in [5.41, 5.74) is 5.81. The molecule has 0 aliphatic carbocycles. The average Bonchev–Trinajstić information content (AvgIpc) is 2.80. The maximum absolute atomic E-state index is 12.2. The fourth-order valence-electron chi connectivity index (χ4n) is 3.26. The van der Waals surface area contributed by atoms with Gasteiger partial charge in [0.05, 0.1) is 11.2 Å². The number of aromatic hydroxyl groups is 1. The van der Waals surface area contributed by atoms with Crippen LogP contribution in [0.1, 0.15) is 62.7 Å². The van der Waals surface area contributed by atoms with Crippen molar-refractivity contribution in [3.8, 4) is 11.5 Å². The van der Waals surface area contributed by atoms with Crippen molar-refractivity contribution in [2.45, 2.75) is 33.3 Å². The number of halogens is 1. The number of hydrazone groups is 1. The zero-order chi connectivity index (χ0) is 24.8. The summed E-state index contributed by atoms with van der Waals surface area (Å²) in [5.74, 6) is -1.09. The van der Waals surface area contributed by atoms with E-state index in [1.807, 2.05) is 24.3 Å². The van der Waals surface area contributed by atoms with E-state index in [9.17, 15) is 19.8 Å². The summed E-state index contributed by atoms with van der Waals surface area (Å²) in [4.78, 5) is 24.0. The van der Waals surface area contributed by atoms with Crippen LogP contribution < -0.4 is 10.2 Å². The van der Waals surface area contributed by atoms with Gasteiger partial charge in [-0.1, -0.05) is 49.7 Å². The topological polar surface area (TPSA) is 108 Å². The van der Waals surface area contributed by atoms with Gasteiger partial charge in [-0.2, -0.15) is 5.10 Å². The number of aromatic carboxylic acids is 1. The molecule has 0 saturated carbocycles. The highest BCUT2D eigenvalue weighted by Crippen LogP contribution is 2.27. The van der Waals surface area contributed by atoms with Crippen LogP contribution >= 0.6 is 11.6 Å². The van der Waals surface area contributed by atoms with Crippen molar-refractivity contribution in [2.24, 2.45) is 5.10 Å². The molecule has 176 valence electrons. The lowest BCUT2D eigenvalue weighted by Gasteiger charge is -2.14. The van der Waals surface area contributed by atoms with Crippen LogP contribution in [0.4, 0.5) is 0 Å². The van der Waals surface area contributed by atoms with E-state index in [1.165, 1.54) is 36.0 Å². The molecule has 0 bridgehead atoms. The van der Waals surface area contributed by atoms with Crippen LogP contribution in [-0.2, 0) is 6.61 Å². The highest BCUT2D eigenvalue weighted by Gasteiger charge is 2.16. The Morgan fingerprint density at radius 3 is 2.44 bits per heavy atom. The summed E-state index contributed by atoms with van der Waals surface area (Å²) in [7, 11) is 0. The second kappa shape index (κ2) is 10.9. The predicted octanol–water partition coefficient (Wildman–Crippen LogP) is 5.52. The molecule has 0 spiro atoms. The number of carbonyl (C=O) groups is 2. The number of benzene rings is 3. The van der Waals surface area contributed by atoms with E-state index in [4.69, 9.17) is 16.3 Å². The number of carboxylic acid groups (broad SMARTS) is 1. The van der Waals surface area contributed by atoms with Crippen LogP contribution in [0.3, 0.4) is 0 Å². The third-order valence-electron chi connectivity index (χ3n) is 5.15. The second-order valence-electron chi connectivity index (χ2n) is 8.07. The summed E-state index contributed by atoms with van der Waals surface area (Å²) < 4.78 is 5.86. The minimum atomic E-state index is -1.13. The molecule has 34 heavy (non-hydrogen) atoms. The summed E-state index contributed by atoms with van der Waals surface area (Å²) in [6.45, 7) is 6.22. The first-order valence-electron chi connectivity index (χ1n) is 10.6. The highest BCUT2D eigenvalue weighted by molar-refractivity contribution is 6.32. The number of hydrogen-bond acceptors (Lipinski definition) is 5. The third-order valence-corrected chi connectivity index (χ3v) is 5.45. The second-order valence-corrected chi connectivity index (χ2v) is 8.48. The molecule has 8 heteroatoms. The van der Waals surface area contributed by atoms with E-state index in [-0.39, 0.29) is 34.3 Å². The van der Waals surface area contributed by atoms with Crippen LogP contribution in [0.5, 0.6) is 11.5 Å². The molecule has 0 aliphatic heterocycles. The SMILES string of the molecule is Cc1cc(C=NNC(=O)c2ccc(O)c(Cl)c2)cc(C(=O)O)c1OCc1ccc(C(C)C)cc1. The number of nitrogens with one attached hydrogen (secondary N) is 1. The zero-order valence-corrected chi connectivity index (χ0v) is 19.8. The molecule has 3 aromatic rings. The minimum Gasteiger partial charge on any atom is -0.506 e. The number of ether oxygens (including phenoxy) is 1. The summed E-state index contributed by atoms with van der Waals surface area (Å²) >= 11 is 5.82. The Bertz CT molecular complexity index is 1240. The van der Waals surface area contributed by atoms with E-state index in [0.717, 1.165) is 5.56 Å². The summed E-state index contributed by atoms with van der Waals surface area (Å²) in [5, 5.41) is 23.1. The van der Waals surface area contributed by atoms with E-state index in [1.54, 1.807) is 13.0 Å². The van der Waals surface area contributed by atoms with Crippen molar-refractivity contribution in [1.29, 1.82) is 0 Å². The fourth-order valence-corrected chi connectivity index (χ4v) is 3.44. The van der Waals surface area contributed by atoms with Gasteiger partial charge in [-0.15, -0.1) is 0 Å². The van der Waals surface area contributed by atoms with Gasteiger partial charge in [0.1, 0.15) is 23.7 Å². The maximum Gasteiger partial charge on any atom is 0.339 e. The number of amides is 1. The number of aryl methyl sites for hydroxylation is 1. The van der Waals surface area contributed by atoms with Crippen LogP contribution in [0, 0.1) is 6.92 Å². The lowest BCUT2D eigenvalue weighted by atomic mass is 10.0. The molecular weight excluding hydrogens is 456 g/mol. The van der Waals surface area contributed by atoms with Crippen molar-refractivity contribution in [1.82, 2.24) is 5.43 Å². The number of nitrogens with zero attached hydrogens (tertiary/aromatic N) is 1. The number of phenols is 1. The molecule has 3 aromatic carbocycles. The molecule has 0 saturated heterocycles. The Balaban J connectivity index is 1.73. The molecule has 0 aromatic heterocycles. The molecule has 0 radical (unpaired) electrons. The van der Waals surface area contributed by atoms with Gasteiger partial charge in [-0.25, -0.2) is 10.2 Å². The largest absolute Gasteiger partial charge is 0.506 e. The van der Waals surface area contributed by atoms with E-state index in [0.29, 0.717) is 17.0 Å². The van der Waals surface area contributed by atoms with Crippen LogP contribution in [0.2, 0.25) is 5.02 Å². The first-order valence-corrected chi connectivity index (χ1v) is 10.9. The quantitative estimate of drug-likeness (QED) is 0.290. The van der Waals surface area contributed by atoms with Gasteiger partial charge < -0.3 is 14.9 Å². The van der Waals surface area contributed by atoms with Crippen molar-refractivity contribution < 1.29 is 24.5 Å². The molecule has 7 nitrogen and oxygen atoms in total. The Morgan fingerprint density at radius 1 is 1.12 bits per heavy atom. The first-order chi connectivity index (χ1) is 16.2. The smallest absolute Gasteiger partial charge is 0.339 e. The predicted molar refractivity (Wildman–Crippen MR) is 131 cm³/mol. The van der Waals surface area contributed by atoms with E-state index >= 15 is 0 Å². The van der Waals surface area contributed by atoms with Crippen LogP contribution in [0.25, 0.3) is 0 Å². The Labute approximate surface area is 202 Å². The van der Waals surface area contributed by atoms with Gasteiger partial charge in [-0.05, 0) is 65.4 Å². The molecule has 1 amide bonds.